The van der Waals surface area contributed by atoms with Crippen LogP contribution in [0.1, 0.15) is 0 Å². The lowest BCUT2D eigenvalue weighted by atomic mass is 9.96. The van der Waals surface area contributed by atoms with Crippen molar-refractivity contribution in [3.63, 3.8) is 0 Å². The van der Waals surface area contributed by atoms with Crippen molar-refractivity contribution < 1.29 is 4.42 Å². The van der Waals surface area contributed by atoms with Crippen LogP contribution in [0, 0.1) is 0 Å². The van der Waals surface area contributed by atoms with Gasteiger partial charge < -0.3 is 4.42 Å². The number of fused-ring (bicyclic) bond motifs is 5. The van der Waals surface area contributed by atoms with Gasteiger partial charge in [0, 0.05) is 33.0 Å². The first-order valence-corrected chi connectivity index (χ1v) is 24.0. The molecule has 13 rings (SSSR count). The molecule has 71 heavy (non-hydrogen) atoms. The van der Waals surface area contributed by atoms with Crippen molar-refractivity contribution in [2.24, 2.45) is 0 Å². The predicted molar refractivity (Wildman–Crippen MR) is 294 cm³/mol. The maximum absolute atomic E-state index is 6.64. The van der Waals surface area contributed by atoms with E-state index in [2.05, 4.69) is 249 Å². The van der Waals surface area contributed by atoms with Crippen molar-refractivity contribution >= 4 is 32.7 Å². The van der Waals surface area contributed by atoms with Gasteiger partial charge in [-0.05, 0) is 90.2 Å². The average Bonchev–Trinajstić information content (AvgIpc) is 3.86. The molecular weight excluding hydrogens is 863 g/mol. The molecule has 0 atom stereocenters. The van der Waals surface area contributed by atoms with E-state index < -0.39 is 0 Å². The van der Waals surface area contributed by atoms with Crippen molar-refractivity contribution in [1.82, 2.24) is 15.0 Å². The van der Waals surface area contributed by atoms with E-state index in [1.54, 1.807) is 0 Å². The standard InChI is InChI=1S/C67H43N3O/c1-3-12-44(13-4-1)46-24-28-48(29-25-46)50-32-36-53(37-33-50)65-68-66(54-38-34-51(35-39-54)49-30-26-47(27-31-49)45-14-5-2-6-15-45)70-67(69-65)58-20-10-18-56(43-58)55-17-9-19-57(42-55)60-22-11-23-61-63-59-21-8-7-16-52(59)40-41-62(63)71-64(60)61/h1-43H. The fourth-order valence-corrected chi connectivity index (χ4v) is 9.86. The van der Waals surface area contributed by atoms with Gasteiger partial charge in [-0.3, -0.25) is 0 Å². The summed E-state index contributed by atoms with van der Waals surface area (Å²) in [7, 11) is 0. The van der Waals surface area contributed by atoms with Gasteiger partial charge in [-0.25, -0.2) is 15.0 Å². The van der Waals surface area contributed by atoms with E-state index >= 15 is 0 Å². The minimum atomic E-state index is 0.600. The second-order valence-corrected chi connectivity index (χ2v) is 18.0. The summed E-state index contributed by atoms with van der Waals surface area (Å²) in [5, 5.41) is 4.65. The van der Waals surface area contributed by atoms with Crippen LogP contribution in [0.25, 0.3) is 134 Å². The molecular formula is C67H43N3O. The average molecular weight is 906 g/mol. The van der Waals surface area contributed by atoms with Gasteiger partial charge in [0.1, 0.15) is 11.2 Å². The minimum Gasteiger partial charge on any atom is -0.455 e. The highest BCUT2D eigenvalue weighted by molar-refractivity contribution is 6.20. The number of rotatable bonds is 9. The lowest BCUT2D eigenvalue weighted by molar-refractivity contribution is 0.670. The van der Waals surface area contributed by atoms with Gasteiger partial charge in [0.15, 0.2) is 17.5 Å². The quantitative estimate of drug-likeness (QED) is 0.145. The molecule has 0 unspecified atom stereocenters. The summed E-state index contributed by atoms with van der Waals surface area (Å²) in [5.41, 5.74) is 18.1. The molecule has 0 aliphatic heterocycles. The van der Waals surface area contributed by atoms with Crippen molar-refractivity contribution in [3.05, 3.63) is 261 Å². The first-order chi connectivity index (χ1) is 35.1. The summed E-state index contributed by atoms with van der Waals surface area (Å²) in [6.07, 6.45) is 0. The van der Waals surface area contributed by atoms with Crippen molar-refractivity contribution in [2.75, 3.05) is 0 Å². The van der Waals surface area contributed by atoms with Gasteiger partial charge in [0.05, 0.1) is 0 Å². The second kappa shape index (κ2) is 17.9. The number of hydrogen-bond acceptors (Lipinski definition) is 4. The SMILES string of the molecule is c1ccc(-c2ccc(-c3ccc(-c4nc(-c5ccc(-c6ccc(-c7ccccc7)cc6)cc5)nc(-c5cccc(-c6cccc(-c7cccc8c7oc7ccc9ccccc9c78)c6)c5)n4)cc3)cc2)cc1. The number of nitrogens with zero attached hydrogens (tertiary/aromatic N) is 3. The second-order valence-electron chi connectivity index (χ2n) is 18.0. The Morgan fingerprint density at radius 2 is 0.606 bits per heavy atom. The van der Waals surface area contributed by atoms with Crippen LogP contribution in [-0.2, 0) is 0 Å². The molecule has 4 nitrogen and oxygen atoms in total. The first-order valence-electron chi connectivity index (χ1n) is 24.0. The first kappa shape index (κ1) is 41.7. The third kappa shape index (κ3) is 8.03. The number of aromatic nitrogens is 3. The Hall–Kier alpha value is -9.51. The molecule has 0 bridgehead atoms. The van der Waals surface area contributed by atoms with Crippen LogP contribution >= 0.6 is 0 Å². The van der Waals surface area contributed by atoms with E-state index in [9.17, 15) is 0 Å². The Balaban J connectivity index is 0.856. The van der Waals surface area contributed by atoms with E-state index in [0.717, 1.165) is 83.1 Å². The zero-order valence-corrected chi connectivity index (χ0v) is 38.6. The highest BCUT2D eigenvalue weighted by Gasteiger charge is 2.17. The molecule has 0 spiro atoms. The van der Waals surface area contributed by atoms with Gasteiger partial charge in [-0.2, -0.15) is 0 Å². The van der Waals surface area contributed by atoms with Gasteiger partial charge in [0.2, 0.25) is 0 Å². The Morgan fingerprint density at radius 3 is 1.13 bits per heavy atom. The molecule has 2 heterocycles. The Kier molecular flexibility index (Phi) is 10.5. The third-order valence-corrected chi connectivity index (χ3v) is 13.6. The maximum Gasteiger partial charge on any atom is 0.164 e. The lowest BCUT2D eigenvalue weighted by Crippen LogP contribution is -2.00. The summed E-state index contributed by atoms with van der Waals surface area (Å²) < 4.78 is 6.64. The van der Waals surface area contributed by atoms with Crippen LogP contribution in [0.2, 0.25) is 0 Å². The topological polar surface area (TPSA) is 51.8 Å². The summed E-state index contributed by atoms with van der Waals surface area (Å²) in [6.45, 7) is 0. The molecule has 0 saturated heterocycles. The Bertz CT molecular complexity index is 3910. The maximum atomic E-state index is 6.64. The smallest absolute Gasteiger partial charge is 0.164 e. The summed E-state index contributed by atoms with van der Waals surface area (Å²) >= 11 is 0. The lowest BCUT2D eigenvalue weighted by Gasteiger charge is -2.11. The Labute approximate surface area is 411 Å². The van der Waals surface area contributed by atoms with Crippen LogP contribution in [0.15, 0.2) is 265 Å². The predicted octanol–water partition coefficient (Wildman–Crippen LogP) is 17.9. The largest absolute Gasteiger partial charge is 0.455 e. The van der Waals surface area contributed by atoms with E-state index in [4.69, 9.17) is 19.4 Å². The number of furan rings is 1. The molecule has 11 aromatic carbocycles. The highest BCUT2D eigenvalue weighted by Crippen LogP contribution is 2.40. The normalized spacial score (nSPS) is 11.4. The minimum absolute atomic E-state index is 0.600. The van der Waals surface area contributed by atoms with E-state index in [-0.39, 0.29) is 0 Å². The Morgan fingerprint density at radius 1 is 0.239 bits per heavy atom. The molecule has 0 aliphatic carbocycles. The van der Waals surface area contributed by atoms with Gasteiger partial charge in [-0.1, -0.05) is 243 Å². The van der Waals surface area contributed by atoms with Gasteiger partial charge in [0.25, 0.3) is 0 Å². The molecule has 4 heteroatoms. The van der Waals surface area contributed by atoms with E-state index in [1.807, 2.05) is 12.1 Å². The number of benzene rings is 11. The number of hydrogen-bond donors (Lipinski definition) is 0. The summed E-state index contributed by atoms with van der Waals surface area (Å²) in [5.74, 6) is 1.81. The number of para-hydroxylation sites is 1. The van der Waals surface area contributed by atoms with Crippen LogP contribution in [-0.4, -0.2) is 15.0 Å². The van der Waals surface area contributed by atoms with Crippen molar-refractivity contribution in [3.8, 4) is 101 Å². The molecule has 0 radical (unpaired) electrons. The molecule has 2 aromatic heterocycles. The molecule has 0 fully saturated rings. The van der Waals surface area contributed by atoms with E-state index in [1.165, 1.54) is 33.0 Å². The van der Waals surface area contributed by atoms with E-state index in [0.29, 0.717) is 17.5 Å². The molecule has 0 amide bonds. The van der Waals surface area contributed by atoms with Crippen molar-refractivity contribution in [2.45, 2.75) is 0 Å². The monoisotopic (exact) mass is 905 g/mol. The molecule has 0 aliphatic rings. The molecule has 332 valence electrons. The van der Waals surface area contributed by atoms with Crippen LogP contribution in [0.3, 0.4) is 0 Å². The summed E-state index contributed by atoms with van der Waals surface area (Å²) in [4.78, 5) is 15.5. The zero-order chi connectivity index (χ0) is 47.1. The molecule has 13 aromatic rings. The van der Waals surface area contributed by atoms with Crippen molar-refractivity contribution in [1.29, 1.82) is 0 Å². The molecule has 0 saturated carbocycles. The fourth-order valence-electron chi connectivity index (χ4n) is 9.86. The third-order valence-electron chi connectivity index (χ3n) is 13.6. The van der Waals surface area contributed by atoms with Crippen LogP contribution < -0.4 is 0 Å². The highest BCUT2D eigenvalue weighted by atomic mass is 16.3. The van der Waals surface area contributed by atoms with Gasteiger partial charge >= 0.3 is 0 Å². The van der Waals surface area contributed by atoms with Crippen LogP contribution in [0.5, 0.6) is 0 Å². The zero-order valence-electron chi connectivity index (χ0n) is 38.6. The van der Waals surface area contributed by atoms with Gasteiger partial charge in [-0.15, -0.1) is 0 Å². The molecule has 0 N–H and O–H groups in total. The summed E-state index contributed by atoms with van der Waals surface area (Å²) in [6, 6.07) is 91.8. The van der Waals surface area contributed by atoms with Crippen LogP contribution in [0.4, 0.5) is 0 Å². The fraction of sp³-hybridized carbons (Fsp3) is 0.